The maximum Gasteiger partial charge on any atom is 0.236 e. The monoisotopic (exact) mass is 672 g/mol. The second-order valence-corrected chi connectivity index (χ2v) is 12.0. The predicted molar refractivity (Wildman–Crippen MR) is 191 cm³/mol. The summed E-state index contributed by atoms with van der Waals surface area (Å²) in [4.78, 5) is 51.9. The molecule has 8 nitrogen and oxygen atoms in total. The van der Waals surface area contributed by atoms with Gasteiger partial charge in [-0.3, -0.25) is 9.59 Å². The van der Waals surface area contributed by atoms with E-state index in [1.54, 1.807) is 12.1 Å². The molecular weight excluding hydrogens is 640 g/mol. The Balaban J connectivity index is 1.24. The van der Waals surface area contributed by atoms with Gasteiger partial charge in [0.15, 0.2) is 0 Å². The molecule has 0 spiro atoms. The average Bonchev–Trinajstić information content (AvgIpc) is 3.14. The molecule has 0 saturated carbocycles. The average molecular weight is 673 g/mol. The van der Waals surface area contributed by atoms with E-state index in [0.717, 1.165) is 22.3 Å². The van der Waals surface area contributed by atoms with E-state index in [9.17, 15) is 29.4 Å². The number of nitrogens with one attached hydrogen (secondary N) is 2. The number of carbonyl (C=O) groups excluding carboxylic acids is 4. The van der Waals surface area contributed by atoms with Crippen molar-refractivity contribution in [3.05, 3.63) is 202 Å². The minimum absolute atomic E-state index is 0.0699. The summed E-state index contributed by atoms with van der Waals surface area (Å²) in [6.45, 7) is 0. The van der Waals surface area contributed by atoms with Crippen LogP contribution in [-0.4, -0.2) is 23.8 Å². The normalized spacial score (nSPS) is 10.9. The van der Waals surface area contributed by atoms with Crippen LogP contribution >= 0.6 is 0 Å². The molecule has 6 aromatic carbocycles. The topological polar surface area (TPSA) is 138 Å². The first kappa shape index (κ1) is 34.1. The fraction of sp³-hybridized carbons (Fsp3) is 0.0698. The van der Waals surface area contributed by atoms with Crippen molar-refractivity contribution in [1.29, 1.82) is 0 Å². The van der Waals surface area contributed by atoms with E-state index < -0.39 is 35.6 Å². The quantitative estimate of drug-likeness (QED) is 0.175. The fourth-order valence-corrected chi connectivity index (χ4v) is 6.18. The van der Waals surface area contributed by atoms with Crippen molar-refractivity contribution < 1.29 is 29.4 Å². The molecular formula is C43H32N2O6-2. The molecule has 0 saturated heterocycles. The van der Waals surface area contributed by atoms with Gasteiger partial charge >= 0.3 is 0 Å². The van der Waals surface area contributed by atoms with Gasteiger partial charge in [0.2, 0.25) is 11.8 Å². The van der Waals surface area contributed by atoms with Gasteiger partial charge in [0.1, 0.15) is 0 Å². The van der Waals surface area contributed by atoms with Gasteiger partial charge in [-0.1, -0.05) is 133 Å². The van der Waals surface area contributed by atoms with E-state index in [4.69, 9.17) is 0 Å². The van der Waals surface area contributed by atoms with Crippen LogP contribution in [-0.2, 0) is 16.0 Å². The molecule has 51 heavy (non-hydrogen) atoms. The summed E-state index contributed by atoms with van der Waals surface area (Å²) in [5.41, 5.74) is 3.72. The van der Waals surface area contributed by atoms with Gasteiger partial charge in [-0.15, -0.1) is 0 Å². The van der Waals surface area contributed by atoms with Crippen LogP contribution in [0.4, 0.5) is 11.4 Å². The Hall–Kier alpha value is -6.80. The molecule has 252 valence electrons. The number of benzene rings is 6. The number of rotatable bonds is 12. The van der Waals surface area contributed by atoms with Crippen LogP contribution in [0.3, 0.4) is 0 Å². The van der Waals surface area contributed by atoms with E-state index in [-0.39, 0.29) is 28.9 Å². The van der Waals surface area contributed by atoms with Crippen LogP contribution < -0.4 is 20.8 Å². The molecule has 0 aliphatic rings. The summed E-state index contributed by atoms with van der Waals surface area (Å²) in [6, 6.07) is 45.8. The molecule has 0 radical (unpaired) electrons. The van der Waals surface area contributed by atoms with Crippen LogP contribution in [0.5, 0.6) is 0 Å². The third kappa shape index (κ3) is 8.09. The molecule has 0 fully saturated rings. The van der Waals surface area contributed by atoms with Gasteiger partial charge in [-0.25, -0.2) is 0 Å². The second kappa shape index (κ2) is 15.6. The van der Waals surface area contributed by atoms with Crippen molar-refractivity contribution >= 4 is 35.1 Å². The van der Waals surface area contributed by atoms with E-state index in [1.807, 2.05) is 121 Å². The van der Waals surface area contributed by atoms with E-state index in [1.165, 1.54) is 24.3 Å². The zero-order chi connectivity index (χ0) is 35.7. The Morgan fingerprint density at radius 1 is 0.431 bits per heavy atom. The van der Waals surface area contributed by atoms with Crippen molar-refractivity contribution in [1.82, 2.24) is 0 Å². The molecule has 0 aliphatic carbocycles. The third-order valence-corrected chi connectivity index (χ3v) is 8.59. The first-order valence-corrected chi connectivity index (χ1v) is 16.3. The Labute approximate surface area is 295 Å². The SMILES string of the molecule is O=C([O-])c1cc(Cc2ccc(NC(=O)C(c3ccccc3)c3ccccc3)c(C(=O)[O-])c2)ccc1NC(=O)C(c1ccccc1)c1ccccc1. The molecule has 0 aliphatic heterocycles. The van der Waals surface area contributed by atoms with E-state index in [2.05, 4.69) is 10.6 Å². The van der Waals surface area contributed by atoms with Gasteiger partial charge in [0.05, 0.1) is 23.8 Å². The summed E-state index contributed by atoms with van der Waals surface area (Å²) in [5.74, 6) is -5.19. The van der Waals surface area contributed by atoms with Gasteiger partial charge < -0.3 is 30.4 Å². The lowest BCUT2D eigenvalue weighted by Gasteiger charge is -2.21. The molecule has 0 heterocycles. The predicted octanol–water partition coefficient (Wildman–Crippen LogP) is 5.55. The lowest BCUT2D eigenvalue weighted by Crippen LogP contribution is -2.27. The highest BCUT2D eigenvalue weighted by Crippen LogP contribution is 2.30. The number of aromatic carboxylic acids is 2. The number of hydrogen-bond acceptors (Lipinski definition) is 6. The summed E-state index contributed by atoms with van der Waals surface area (Å²) in [6.07, 6.45) is 0.149. The standard InChI is InChI=1S/C43H34N2O6/c46-40(38(30-13-5-1-6-14-30)31-15-7-2-8-16-31)44-36-23-21-28(26-34(36)42(48)49)25-29-22-24-37(35(27-29)43(50)51)45-41(47)39(32-17-9-3-10-18-32)33-19-11-4-12-20-33/h1-24,26-27,38-39H,25H2,(H,44,46)(H,45,47)(H,48,49)(H,50,51)/p-2. The Morgan fingerprint density at radius 2 is 0.725 bits per heavy atom. The van der Waals surface area contributed by atoms with Crippen LogP contribution in [0.2, 0.25) is 0 Å². The molecule has 8 heteroatoms. The zero-order valence-electron chi connectivity index (χ0n) is 27.3. The molecule has 2 N–H and O–H groups in total. The first-order valence-electron chi connectivity index (χ1n) is 16.3. The molecule has 6 aromatic rings. The first-order chi connectivity index (χ1) is 24.8. The number of amides is 2. The highest BCUT2D eigenvalue weighted by Gasteiger charge is 2.25. The Kier molecular flexibility index (Phi) is 10.4. The number of anilines is 2. The highest BCUT2D eigenvalue weighted by atomic mass is 16.4. The number of hydrogen-bond donors (Lipinski definition) is 2. The van der Waals surface area contributed by atoms with Crippen LogP contribution in [0.1, 0.15) is 65.9 Å². The number of carboxylic acids is 2. The van der Waals surface area contributed by atoms with Gasteiger partial charge in [-0.05, 0) is 64.1 Å². The van der Waals surface area contributed by atoms with Crippen molar-refractivity contribution in [2.24, 2.45) is 0 Å². The molecule has 6 rings (SSSR count). The Morgan fingerprint density at radius 3 is 1.00 bits per heavy atom. The highest BCUT2D eigenvalue weighted by molar-refractivity contribution is 6.04. The largest absolute Gasteiger partial charge is 0.545 e. The second-order valence-electron chi connectivity index (χ2n) is 12.0. The summed E-state index contributed by atoms with van der Waals surface area (Å²) in [5, 5.41) is 30.1. The molecule has 0 aromatic heterocycles. The maximum absolute atomic E-state index is 13.7. The van der Waals surface area contributed by atoms with E-state index >= 15 is 0 Å². The summed E-state index contributed by atoms with van der Waals surface area (Å²) >= 11 is 0. The minimum atomic E-state index is -1.48. The molecule has 0 bridgehead atoms. The van der Waals surface area contributed by atoms with Gasteiger partial charge in [0.25, 0.3) is 0 Å². The van der Waals surface area contributed by atoms with Crippen LogP contribution in [0, 0.1) is 0 Å². The maximum atomic E-state index is 13.7. The lowest BCUT2D eigenvalue weighted by atomic mass is 9.90. The molecule has 0 unspecified atom stereocenters. The number of carbonyl (C=O) groups is 4. The van der Waals surface area contributed by atoms with Gasteiger partial charge in [-0.2, -0.15) is 0 Å². The van der Waals surface area contributed by atoms with Crippen LogP contribution in [0.25, 0.3) is 0 Å². The summed E-state index contributed by atoms with van der Waals surface area (Å²) < 4.78 is 0. The van der Waals surface area contributed by atoms with Crippen molar-refractivity contribution in [2.45, 2.75) is 18.3 Å². The van der Waals surface area contributed by atoms with Crippen molar-refractivity contribution in [2.75, 3.05) is 10.6 Å². The smallest absolute Gasteiger partial charge is 0.236 e. The Bertz CT molecular complexity index is 1940. The van der Waals surface area contributed by atoms with E-state index in [0.29, 0.717) is 11.1 Å². The number of carboxylic acid groups (broad SMARTS) is 2. The third-order valence-electron chi connectivity index (χ3n) is 8.59. The van der Waals surface area contributed by atoms with Crippen molar-refractivity contribution in [3.8, 4) is 0 Å². The fourth-order valence-electron chi connectivity index (χ4n) is 6.18. The molecule has 2 amide bonds. The summed E-state index contributed by atoms with van der Waals surface area (Å²) in [7, 11) is 0. The molecule has 0 atom stereocenters. The lowest BCUT2D eigenvalue weighted by molar-refractivity contribution is -0.256. The van der Waals surface area contributed by atoms with Crippen LogP contribution in [0.15, 0.2) is 158 Å². The zero-order valence-corrected chi connectivity index (χ0v) is 27.3. The minimum Gasteiger partial charge on any atom is -0.545 e. The van der Waals surface area contributed by atoms with Crippen molar-refractivity contribution in [3.63, 3.8) is 0 Å². The van der Waals surface area contributed by atoms with Gasteiger partial charge in [0, 0.05) is 22.5 Å².